The summed E-state index contributed by atoms with van der Waals surface area (Å²) >= 11 is 0. The van der Waals surface area contributed by atoms with Gasteiger partial charge in [0.1, 0.15) is 0 Å². The number of hydrogen-bond donors (Lipinski definition) is 1. The van der Waals surface area contributed by atoms with Gasteiger partial charge >= 0.3 is 0 Å². The Hall–Kier alpha value is -0.0400. The summed E-state index contributed by atoms with van der Waals surface area (Å²) in [6, 6.07) is 0. The fourth-order valence-electron chi connectivity index (χ4n) is 0.500. The molecule has 46 valence electrons. The Labute approximate surface area is 46.7 Å². The highest BCUT2D eigenvalue weighted by atomic mass is 13.8. The van der Waals surface area contributed by atoms with Gasteiger partial charge in [0.05, 0.1) is 0 Å². The van der Waals surface area contributed by atoms with Gasteiger partial charge in [0.25, 0.3) is 0 Å². The third-order valence-corrected chi connectivity index (χ3v) is 0.957. The first-order chi connectivity index (χ1) is 2.91. The van der Waals surface area contributed by atoms with Crippen molar-refractivity contribution in [3.63, 3.8) is 0 Å². The van der Waals surface area contributed by atoms with Gasteiger partial charge in [0.2, 0.25) is 0 Å². The molecule has 0 bridgehead atoms. The predicted molar refractivity (Wildman–Crippen MR) is 34.8 cm³/mol. The van der Waals surface area contributed by atoms with Crippen LogP contribution in [0.5, 0.6) is 0 Å². The smallest absolute Gasteiger partial charge is 0.0536 e. The Morgan fingerprint density at radius 1 is 0.857 bits per heavy atom. The standard InChI is InChI=1S/C6H14.H3N/c1-3-5-6-4-2;/h3-6H2,1-2H3;1H3/i;1-13. The van der Waals surface area contributed by atoms with E-state index in [1.54, 1.807) is 0 Å². The minimum atomic E-state index is 0. The third kappa shape index (κ3) is 10.7. The Morgan fingerprint density at radius 2 is 1.14 bits per heavy atom. The van der Waals surface area contributed by atoms with E-state index in [0.29, 0.717) is 0 Å². The van der Waals surface area contributed by atoms with Crippen LogP contribution in [0.15, 0.2) is 0 Å². The van der Waals surface area contributed by atoms with E-state index in [9.17, 15) is 0 Å². The van der Waals surface area contributed by atoms with E-state index in [-0.39, 0.29) is 6.15 Å². The van der Waals surface area contributed by atoms with Crippen LogP contribution in [0.1, 0.15) is 39.5 Å². The summed E-state index contributed by atoms with van der Waals surface area (Å²) in [5.74, 6) is 0. The minimum absolute atomic E-state index is 0. The molecular weight excluding hydrogens is 73.1 g/mol. The van der Waals surface area contributed by atoms with E-state index in [1.807, 2.05) is 0 Å². The van der Waals surface area contributed by atoms with Crippen LogP contribution >= 0.6 is 0 Å². The highest BCUT2D eigenvalue weighted by Crippen LogP contribution is 1.95. The van der Waals surface area contributed by atoms with Gasteiger partial charge in [-0.25, -0.2) is 0 Å². The minimum Gasteiger partial charge on any atom is -0.344 e. The maximum atomic E-state index is 2.23. The molecule has 0 spiro atoms. The van der Waals surface area contributed by atoms with Gasteiger partial charge in [-0.05, 0) is 0 Å². The number of hydrogen-bond acceptors (Lipinski definition) is 1. The lowest BCUT2D eigenvalue weighted by Gasteiger charge is -1.86. The van der Waals surface area contributed by atoms with E-state index in [4.69, 9.17) is 0 Å². The largest absolute Gasteiger partial charge is 0.344 e. The molecule has 0 atom stereocenters. The fraction of sp³-hybridized carbons (Fsp3) is 1.00. The van der Waals surface area contributed by atoms with Crippen LogP contribution < -0.4 is 6.15 Å². The second-order valence-electron chi connectivity index (χ2n) is 1.71. The quantitative estimate of drug-likeness (QED) is 0.531. The van der Waals surface area contributed by atoms with Gasteiger partial charge in [-0.3, -0.25) is 0 Å². The van der Waals surface area contributed by atoms with Crippen LogP contribution in [0.3, 0.4) is 0 Å². The lowest BCUT2D eigenvalue weighted by molar-refractivity contribution is 0.702. The lowest BCUT2D eigenvalue weighted by atomic mass is 1.000. The summed E-state index contributed by atoms with van der Waals surface area (Å²) in [6.45, 7) is 4.46. The third-order valence-electron chi connectivity index (χ3n) is 0.957. The van der Waals surface area contributed by atoms with Crippen molar-refractivity contribution in [3.05, 3.63) is 0 Å². The van der Waals surface area contributed by atoms with Gasteiger partial charge in [0.15, 0.2) is 0 Å². The molecule has 0 radical (unpaired) electrons. The summed E-state index contributed by atoms with van der Waals surface area (Å²) in [5, 5.41) is 0. The number of unbranched alkanes of at least 4 members (excludes halogenated alkanes) is 3. The molecule has 0 fully saturated rings. The van der Waals surface area contributed by atoms with Crippen molar-refractivity contribution in [1.29, 1.82) is 0 Å². The Kier molecular flexibility index (Phi) is 13.4. The van der Waals surface area contributed by atoms with Crippen molar-refractivity contribution in [2.24, 2.45) is 0 Å². The van der Waals surface area contributed by atoms with Crippen LogP contribution in [0.2, 0.25) is 0 Å². The maximum Gasteiger partial charge on any atom is -0.0536 e. The van der Waals surface area contributed by atoms with E-state index in [2.05, 4.69) is 13.8 Å². The van der Waals surface area contributed by atoms with Crippen molar-refractivity contribution in [3.8, 4) is 0 Å². The Morgan fingerprint density at radius 3 is 1.29 bits per heavy atom. The summed E-state index contributed by atoms with van der Waals surface area (Å²) in [6.07, 6.45) is 5.54. The summed E-state index contributed by atoms with van der Waals surface area (Å²) in [7, 11) is 0. The zero-order chi connectivity index (χ0) is 4.83. The summed E-state index contributed by atoms with van der Waals surface area (Å²) in [4.78, 5) is 0. The van der Waals surface area contributed by atoms with Gasteiger partial charge in [0, 0.05) is 0 Å². The highest BCUT2D eigenvalue weighted by Gasteiger charge is 1.75. The normalized spacial score (nSPS) is 7.71. The molecule has 0 saturated carbocycles. The molecule has 3 N–H and O–H groups in total. The predicted octanol–water partition coefficient (Wildman–Crippen LogP) is 2.75. The van der Waals surface area contributed by atoms with Crippen LogP contribution in [0, 0.1) is 0 Å². The first-order valence-corrected chi connectivity index (χ1v) is 2.91. The molecule has 7 heavy (non-hydrogen) atoms. The van der Waals surface area contributed by atoms with E-state index >= 15 is 0 Å². The molecule has 0 aromatic heterocycles. The zero-order valence-corrected chi connectivity index (χ0v) is 5.54. The average molecular weight is 90.2 g/mol. The molecule has 0 amide bonds. The molecule has 1 heteroatoms. The maximum absolute atomic E-state index is 2.23. The topological polar surface area (TPSA) is 35.0 Å². The van der Waals surface area contributed by atoms with Crippen LogP contribution in [-0.4, -0.2) is 0 Å². The highest BCUT2D eigenvalue weighted by molar-refractivity contribution is 4.31. The van der Waals surface area contributed by atoms with Crippen molar-refractivity contribution < 1.29 is 0 Å². The second kappa shape index (κ2) is 9.35. The number of rotatable bonds is 3. The van der Waals surface area contributed by atoms with E-state index < -0.39 is 0 Å². The molecular formula is C6H17N. The average Bonchev–Trinajstić information content (AvgIpc) is 1.61. The molecule has 0 aliphatic carbocycles. The van der Waals surface area contributed by atoms with Gasteiger partial charge < -0.3 is 6.15 Å². The molecule has 0 rings (SSSR count). The van der Waals surface area contributed by atoms with E-state index in [1.165, 1.54) is 25.7 Å². The molecule has 0 aromatic rings. The molecule has 0 aliphatic heterocycles. The first kappa shape index (κ1) is 10.0. The van der Waals surface area contributed by atoms with Crippen LogP contribution in [0.25, 0.3) is 0 Å². The lowest BCUT2D eigenvalue weighted by Crippen LogP contribution is -1.66. The Bertz CT molecular complexity index is 16.1. The molecule has 1 nitrogen and oxygen atoms in total. The van der Waals surface area contributed by atoms with Gasteiger partial charge in [-0.15, -0.1) is 0 Å². The van der Waals surface area contributed by atoms with Crippen molar-refractivity contribution in [2.45, 2.75) is 39.5 Å². The van der Waals surface area contributed by atoms with Crippen LogP contribution in [-0.2, 0) is 0 Å². The fourth-order valence-corrected chi connectivity index (χ4v) is 0.500. The summed E-state index contributed by atoms with van der Waals surface area (Å²) in [5.41, 5.74) is 0. The van der Waals surface area contributed by atoms with Crippen molar-refractivity contribution >= 4 is 0 Å². The molecule has 0 aromatic carbocycles. The van der Waals surface area contributed by atoms with Crippen LogP contribution in [0.4, 0.5) is 0 Å². The zero-order valence-electron chi connectivity index (χ0n) is 5.54. The molecule has 0 saturated heterocycles. The molecule has 0 unspecified atom stereocenters. The van der Waals surface area contributed by atoms with Gasteiger partial charge in [-0.1, -0.05) is 39.5 Å². The Balaban J connectivity index is 0. The van der Waals surface area contributed by atoms with Gasteiger partial charge in [-0.2, -0.15) is 0 Å². The monoisotopic (exact) mass is 90.1 g/mol. The van der Waals surface area contributed by atoms with E-state index in [0.717, 1.165) is 0 Å². The molecule has 0 aliphatic rings. The van der Waals surface area contributed by atoms with Crippen molar-refractivity contribution in [2.75, 3.05) is 0 Å². The SMILES string of the molecule is CCCCCC.[1NH3]. The molecule has 0 heterocycles. The first-order valence-electron chi connectivity index (χ1n) is 2.91. The second-order valence-corrected chi connectivity index (χ2v) is 1.71. The van der Waals surface area contributed by atoms with Crippen molar-refractivity contribution in [1.82, 2.24) is 6.15 Å². The summed E-state index contributed by atoms with van der Waals surface area (Å²) < 4.78 is 0.